The first-order valence-electron chi connectivity index (χ1n) is 9.46. The number of carbonyl (C=O) groups excluding carboxylic acids is 1. The number of carbonyl (C=O) groups is 1. The predicted molar refractivity (Wildman–Crippen MR) is 107 cm³/mol. The van der Waals surface area contributed by atoms with E-state index in [4.69, 9.17) is 4.42 Å². The van der Waals surface area contributed by atoms with Crippen LogP contribution in [0.15, 0.2) is 57.7 Å². The van der Waals surface area contributed by atoms with Crippen molar-refractivity contribution in [2.24, 2.45) is 0 Å². The van der Waals surface area contributed by atoms with Gasteiger partial charge in [0.05, 0.1) is 23.1 Å². The Bertz CT molecular complexity index is 1190. The summed E-state index contributed by atoms with van der Waals surface area (Å²) in [6.07, 6.45) is 0.887. The first-order chi connectivity index (χ1) is 13.7. The van der Waals surface area contributed by atoms with Crippen molar-refractivity contribution in [3.8, 4) is 0 Å². The fraction of sp³-hybridized carbons (Fsp3) is 0.286. The highest BCUT2D eigenvalue weighted by Crippen LogP contribution is 2.16. The molecular weight excluding hydrogens is 356 g/mol. The number of fused-ring (bicyclic) bond motifs is 2. The van der Waals surface area contributed by atoms with Gasteiger partial charge in [0, 0.05) is 19.5 Å². The van der Waals surface area contributed by atoms with E-state index in [0.29, 0.717) is 31.5 Å². The van der Waals surface area contributed by atoms with Gasteiger partial charge in [-0.05, 0) is 37.6 Å². The molecule has 2 aromatic heterocycles. The summed E-state index contributed by atoms with van der Waals surface area (Å²) in [6.45, 7) is 3.68. The van der Waals surface area contributed by atoms with Gasteiger partial charge >= 0.3 is 5.76 Å². The van der Waals surface area contributed by atoms with Crippen LogP contribution in [0.2, 0.25) is 0 Å². The number of hydrogen-bond acceptors (Lipinski definition) is 4. The van der Waals surface area contributed by atoms with E-state index < -0.39 is 5.76 Å². The summed E-state index contributed by atoms with van der Waals surface area (Å²) in [5.74, 6) is 0.392. The van der Waals surface area contributed by atoms with Crippen molar-refractivity contribution < 1.29 is 9.21 Å². The highest BCUT2D eigenvalue weighted by Gasteiger charge is 2.11. The monoisotopic (exact) mass is 378 g/mol. The Morgan fingerprint density at radius 3 is 2.64 bits per heavy atom. The predicted octanol–water partition coefficient (Wildman–Crippen LogP) is 3.06. The minimum Gasteiger partial charge on any atom is -0.408 e. The molecule has 0 bridgehead atoms. The van der Waals surface area contributed by atoms with Crippen LogP contribution in [0.5, 0.6) is 0 Å². The number of oxazole rings is 1. The van der Waals surface area contributed by atoms with E-state index in [0.717, 1.165) is 28.9 Å². The molecule has 0 aliphatic rings. The van der Waals surface area contributed by atoms with E-state index in [2.05, 4.69) is 21.8 Å². The third kappa shape index (κ3) is 3.43. The summed E-state index contributed by atoms with van der Waals surface area (Å²) < 4.78 is 8.88. The molecule has 144 valence electrons. The van der Waals surface area contributed by atoms with Gasteiger partial charge in [0.25, 0.3) is 0 Å². The molecule has 0 saturated carbocycles. The lowest BCUT2D eigenvalue weighted by molar-refractivity contribution is -0.121. The summed E-state index contributed by atoms with van der Waals surface area (Å²) >= 11 is 0. The standard InChI is InChI=1S/C21H22N4O3/c1-2-24-16-9-4-3-8-15(16)23-19(24)14-22-20(26)12-7-13-25-17-10-5-6-11-18(17)28-21(25)27/h3-6,8-11H,2,7,12-14H2,1H3,(H,22,26). The molecule has 7 nitrogen and oxygen atoms in total. The van der Waals surface area contributed by atoms with Crippen LogP contribution in [0.25, 0.3) is 22.1 Å². The Kier molecular flexibility index (Phi) is 4.97. The summed E-state index contributed by atoms with van der Waals surface area (Å²) in [5, 5.41) is 2.93. The van der Waals surface area contributed by atoms with Crippen LogP contribution >= 0.6 is 0 Å². The molecular formula is C21H22N4O3. The highest BCUT2D eigenvalue weighted by molar-refractivity contribution is 5.77. The van der Waals surface area contributed by atoms with Crippen molar-refractivity contribution in [2.45, 2.75) is 39.4 Å². The maximum absolute atomic E-state index is 12.2. The second-order valence-corrected chi connectivity index (χ2v) is 6.63. The van der Waals surface area contributed by atoms with Crippen LogP contribution < -0.4 is 11.1 Å². The van der Waals surface area contributed by atoms with E-state index >= 15 is 0 Å². The van der Waals surface area contributed by atoms with Crippen molar-refractivity contribution in [1.29, 1.82) is 0 Å². The van der Waals surface area contributed by atoms with Crippen LogP contribution in [0.3, 0.4) is 0 Å². The highest BCUT2D eigenvalue weighted by atomic mass is 16.4. The van der Waals surface area contributed by atoms with Gasteiger partial charge in [-0.1, -0.05) is 24.3 Å². The molecule has 28 heavy (non-hydrogen) atoms. The lowest BCUT2D eigenvalue weighted by Crippen LogP contribution is -2.25. The SMILES string of the molecule is CCn1c(CNC(=O)CCCn2c(=O)oc3ccccc32)nc2ccccc21. The molecule has 1 N–H and O–H groups in total. The van der Waals surface area contributed by atoms with Crippen molar-refractivity contribution in [1.82, 2.24) is 19.4 Å². The van der Waals surface area contributed by atoms with Gasteiger partial charge < -0.3 is 14.3 Å². The Balaban J connectivity index is 1.35. The Labute approximate surface area is 161 Å². The molecule has 1 amide bonds. The van der Waals surface area contributed by atoms with Crippen molar-refractivity contribution in [2.75, 3.05) is 0 Å². The van der Waals surface area contributed by atoms with E-state index in [1.54, 1.807) is 10.6 Å². The van der Waals surface area contributed by atoms with Crippen LogP contribution in [0, 0.1) is 0 Å². The number of nitrogens with one attached hydrogen (secondary N) is 1. The summed E-state index contributed by atoms with van der Waals surface area (Å²) in [7, 11) is 0. The third-order valence-electron chi connectivity index (χ3n) is 4.85. The molecule has 4 aromatic rings. The van der Waals surface area contributed by atoms with Crippen LogP contribution in [0.4, 0.5) is 0 Å². The zero-order valence-corrected chi connectivity index (χ0v) is 15.7. The molecule has 0 unspecified atom stereocenters. The topological polar surface area (TPSA) is 82.1 Å². The molecule has 0 spiro atoms. The van der Waals surface area contributed by atoms with Gasteiger partial charge in [-0.2, -0.15) is 0 Å². The summed E-state index contributed by atoms with van der Waals surface area (Å²) in [6, 6.07) is 15.2. The van der Waals surface area contributed by atoms with Gasteiger partial charge in [0.1, 0.15) is 5.82 Å². The van der Waals surface area contributed by atoms with Gasteiger partial charge in [0.2, 0.25) is 5.91 Å². The average molecular weight is 378 g/mol. The number of hydrogen-bond donors (Lipinski definition) is 1. The first kappa shape index (κ1) is 18.0. The number of nitrogens with zero attached hydrogens (tertiary/aromatic N) is 3. The first-order valence-corrected chi connectivity index (χ1v) is 9.46. The molecule has 0 aliphatic carbocycles. The fourth-order valence-electron chi connectivity index (χ4n) is 3.50. The molecule has 0 radical (unpaired) electrons. The lowest BCUT2D eigenvalue weighted by atomic mass is 10.2. The molecule has 0 fully saturated rings. The third-order valence-corrected chi connectivity index (χ3v) is 4.85. The minimum absolute atomic E-state index is 0.0597. The van der Waals surface area contributed by atoms with Gasteiger partial charge in [-0.15, -0.1) is 0 Å². The van der Waals surface area contributed by atoms with Gasteiger partial charge in [-0.3, -0.25) is 9.36 Å². The maximum Gasteiger partial charge on any atom is 0.419 e. The normalized spacial score (nSPS) is 11.3. The second kappa shape index (κ2) is 7.72. The molecule has 7 heteroatoms. The molecule has 2 heterocycles. The number of aromatic nitrogens is 3. The Morgan fingerprint density at radius 2 is 1.82 bits per heavy atom. The number of amides is 1. The van der Waals surface area contributed by atoms with Crippen LogP contribution in [-0.4, -0.2) is 20.0 Å². The molecule has 4 rings (SSSR count). The number of rotatable bonds is 7. The van der Waals surface area contributed by atoms with E-state index in [-0.39, 0.29) is 5.91 Å². The maximum atomic E-state index is 12.2. The van der Waals surface area contributed by atoms with E-state index in [1.807, 2.05) is 42.5 Å². The van der Waals surface area contributed by atoms with Crippen molar-refractivity contribution >= 4 is 28.0 Å². The molecule has 0 atom stereocenters. The zero-order valence-electron chi connectivity index (χ0n) is 15.7. The average Bonchev–Trinajstić information content (AvgIpc) is 3.23. The van der Waals surface area contributed by atoms with E-state index in [1.165, 1.54) is 0 Å². The molecule has 0 aliphatic heterocycles. The second-order valence-electron chi connectivity index (χ2n) is 6.63. The largest absolute Gasteiger partial charge is 0.419 e. The minimum atomic E-state index is -0.390. The number of imidazole rings is 1. The summed E-state index contributed by atoms with van der Waals surface area (Å²) in [5.41, 5.74) is 3.32. The van der Waals surface area contributed by atoms with Crippen LogP contribution in [0.1, 0.15) is 25.6 Å². The number of aryl methyl sites for hydroxylation is 2. The van der Waals surface area contributed by atoms with E-state index in [9.17, 15) is 9.59 Å². The van der Waals surface area contributed by atoms with Gasteiger partial charge in [-0.25, -0.2) is 9.78 Å². The summed E-state index contributed by atoms with van der Waals surface area (Å²) in [4.78, 5) is 28.8. The van der Waals surface area contributed by atoms with Crippen LogP contribution in [-0.2, 0) is 24.4 Å². The number of benzene rings is 2. The van der Waals surface area contributed by atoms with Gasteiger partial charge in [0.15, 0.2) is 5.58 Å². The fourth-order valence-corrected chi connectivity index (χ4v) is 3.50. The Morgan fingerprint density at radius 1 is 1.07 bits per heavy atom. The quantitative estimate of drug-likeness (QED) is 0.536. The number of para-hydroxylation sites is 4. The van der Waals surface area contributed by atoms with Crippen molar-refractivity contribution in [3.63, 3.8) is 0 Å². The zero-order chi connectivity index (χ0) is 19.5. The smallest absolute Gasteiger partial charge is 0.408 e. The molecule has 2 aromatic carbocycles. The van der Waals surface area contributed by atoms with Crippen molar-refractivity contribution in [3.05, 3.63) is 64.9 Å². The Hall–Kier alpha value is -3.35. The lowest BCUT2D eigenvalue weighted by Gasteiger charge is -2.08. The molecule has 0 saturated heterocycles.